The molecule has 0 aliphatic heterocycles. The zero-order valence-corrected chi connectivity index (χ0v) is 9.64. The number of amides is 1. The lowest BCUT2D eigenvalue weighted by atomic mass is 10.2. The summed E-state index contributed by atoms with van der Waals surface area (Å²) in [7, 11) is 0. The number of benzene rings is 1. The van der Waals surface area contributed by atoms with E-state index in [9.17, 15) is 9.59 Å². The van der Waals surface area contributed by atoms with Gasteiger partial charge in [-0.1, -0.05) is 18.2 Å². The van der Waals surface area contributed by atoms with Crippen molar-refractivity contribution in [1.82, 2.24) is 5.32 Å². The number of ketones is 1. The molecule has 0 unspecified atom stereocenters. The third-order valence-corrected chi connectivity index (χ3v) is 3.33. The molecule has 2 aromatic rings. The number of carbonyl (C=O) groups excluding carboxylic acids is 2. The lowest BCUT2D eigenvalue weighted by Crippen LogP contribution is -2.28. The third-order valence-electron chi connectivity index (χ3n) is 2.32. The molecule has 82 valence electrons. The summed E-state index contributed by atoms with van der Waals surface area (Å²) < 4.78 is 1.19. The third kappa shape index (κ3) is 2.12. The van der Waals surface area contributed by atoms with E-state index in [0.717, 1.165) is 10.9 Å². The molecule has 1 amide bonds. The highest BCUT2D eigenvalue weighted by atomic mass is 32.1. The van der Waals surface area contributed by atoms with Crippen LogP contribution in [0.4, 0.5) is 0 Å². The van der Waals surface area contributed by atoms with Crippen molar-refractivity contribution in [2.24, 2.45) is 0 Å². The maximum Gasteiger partial charge on any atom is 0.287 e. The van der Waals surface area contributed by atoms with Crippen LogP contribution in [-0.2, 0) is 16.1 Å². The molecule has 0 saturated carbocycles. The number of fused-ring (bicyclic) bond motifs is 1. The van der Waals surface area contributed by atoms with Crippen molar-refractivity contribution in [3.05, 3.63) is 35.2 Å². The molecule has 4 heteroatoms. The van der Waals surface area contributed by atoms with Crippen molar-refractivity contribution in [2.75, 3.05) is 0 Å². The summed E-state index contributed by atoms with van der Waals surface area (Å²) >= 11 is 1.64. The van der Waals surface area contributed by atoms with E-state index in [0.29, 0.717) is 6.54 Å². The van der Waals surface area contributed by atoms with Gasteiger partial charge in [0.05, 0.1) is 0 Å². The minimum atomic E-state index is -0.532. The van der Waals surface area contributed by atoms with Gasteiger partial charge in [-0.15, -0.1) is 11.3 Å². The fourth-order valence-electron chi connectivity index (χ4n) is 1.47. The minimum absolute atomic E-state index is 0.405. The first kappa shape index (κ1) is 10.8. The first-order chi connectivity index (χ1) is 7.68. The Morgan fingerprint density at radius 2 is 2.06 bits per heavy atom. The van der Waals surface area contributed by atoms with E-state index < -0.39 is 11.7 Å². The summed E-state index contributed by atoms with van der Waals surface area (Å²) in [6.45, 7) is 1.67. The highest BCUT2D eigenvalue weighted by Crippen LogP contribution is 2.25. The average molecular weight is 233 g/mol. The van der Waals surface area contributed by atoms with Gasteiger partial charge in [0.15, 0.2) is 0 Å². The monoisotopic (exact) mass is 233 g/mol. The van der Waals surface area contributed by atoms with Crippen molar-refractivity contribution >= 4 is 33.1 Å². The van der Waals surface area contributed by atoms with Gasteiger partial charge in [-0.25, -0.2) is 0 Å². The number of Topliss-reactive ketones (excluding diaryl/α,β-unsaturated/α-hetero) is 1. The molecular formula is C12H11NO2S. The maximum absolute atomic E-state index is 11.1. The number of hydrogen-bond donors (Lipinski definition) is 1. The molecule has 2 rings (SSSR count). The highest BCUT2D eigenvalue weighted by Gasteiger charge is 2.08. The predicted molar refractivity (Wildman–Crippen MR) is 64.4 cm³/mol. The van der Waals surface area contributed by atoms with Crippen molar-refractivity contribution in [3.63, 3.8) is 0 Å². The molecule has 0 spiro atoms. The molecule has 0 fully saturated rings. The Kier molecular flexibility index (Phi) is 3.01. The number of carbonyl (C=O) groups is 2. The van der Waals surface area contributed by atoms with Gasteiger partial charge in [-0.05, 0) is 22.4 Å². The lowest BCUT2D eigenvalue weighted by molar-refractivity contribution is -0.136. The van der Waals surface area contributed by atoms with Crippen LogP contribution in [0.1, 0.15) is 12.5 Å². The summed E-state index contributed by atoms with van der Waals surface area (Å²) in [6.07, 6.45) is 0. The van der Waals surface area contributed by atoms with Crippen LogP contribution in [-0.4, -0.2) is 11.7 Å². The van der Waals surface area contributed by atoms with E-state index in [4.69, 9.17) is 0 Å². The molecule has 0 aliphatic carbocycles. The van der Waals surface area contributed by atoms with Crippen molar-refractivity contribution in [1.29, 1.82) is 0 Å². The van der Waals surface area contributed by atoms with Crippen molar-refractivity contribution < 1.29 is 9.59 Å². The number of hydrogen-bond acceptors (Lipinski definition) is 3. The van der Waals surface area contributed by atoms with Crippen LogP contribution in [0, 0.1) is 0 Å². The second kappa shape index (κ2) is 4.45. The Morgan fingerprint density at radius 3 is 2.81 bits per heavy atom. The normalized spacial score (nSPS) is 10.3. The molecular weight excluding hydrogens is 222 g/mol. The van der Waals surface area contributed by atoms with Crippen LogP contribution < -0.4 is 5.32 Å². The zero-order chi connectivity index (χ0) is 11.5. The van der Waals surface area contributed by atoms with Gasteiger partial charge < -0.3 is 5.32 Å². The average Bonchev–Trinajstić information content (AvgIpc) is 2.69. The van der Waals surface area contributed by atoms with Gasteiger partial charge in [0.1, 0.15) is 0 Å². The zero-order valence-electron chi connectivity index (χ0n) is 8.82. The summed E-state index contributed by atoms with van der Waals surface area (Å²) in [5, 5.41) is 5.74. The molecule has 0 aliphatic rings. The molecule has 1 heterocycles. The summed E-state index contributed by atoms with van der Waals surface area (Å²) in [5.41, 5.74) is 1.05. The molecule has 1 aromatic heterocycles. The van der Waals surface area contributed by atoms with Crippen LogP contribution >= 0.6 is 11.3 Å². The Labute approximate surface area is 97.1 Å². The molecule has 16 heavy (non-hydrogen) atoms. The van der Waals surface area contributed by atoms with E-state index >= 15 is 0 Å². The molecule has 3 nitrogen and oxygen atoms in total. The second-order valence-electron chi connectivity index (χ2n) is 3.50. The van der Waals surface area contributed by atoms with Gasteiger partial charge in [0.25, 0.3) is 5.91 Å². The Bertz CT molecular complexity index is 545. The van der Waals surface area contributed by atoms with Crippen LogP contribution in [0.2, 0.25) is 0 Å². The summed E-state index contributed by atoms with van der Waals surface area (Å²) in [4.78, 5) is 21.9. The van der Waals surface area contributed by atoms with Gasteiger partial charge in [-0.2, -0.15) is 0 Å². The first-order valence-corrected chi connectivity index (χ1v) is 5.80. The highest BCUT2D eigenvalue weighted by molar-refractivity contribution is 7.17. The first-order valence-electron chi connectivity index (χ1n) is 4.92. The van der Waals surface area contributed by atoms with Gasteiger partial charge >= 0.3 is 0 Å². The summed E-state index contributed by atoms with van der Waals surface area (Å²) in [6, 6.07) is 8.00. The van der Waals surface area contributed by atoms with Crippen LogP contribution in [0.5, 0.6) is 0 Å². The Morgan fingerprint density at radius 1 is 1.31 bits per heavy atom. The Hall–Kier alpha value is -1.68. The second-order valence-corrected chi connectivity index (χ2v) is 4.41. The lowest BCUT2D eigenvalue weighted by Gasteiger charge is -2.01. The van der Waals surface area contributed by atoms with Crippen molar-refractivity contribution in [3.8, 4) is 0 Å². The molecule has 0 atom stereocenters. The predicted octanol–water partition coefficient (Wildman–Crippen LogP) is 2.11. The van der Waals surface area contributed by atoms with Gasteiger partial charge in [0, 0.05) is 18.2 Å². The van der Waals surface area contributed by atoms with Crippen molar-refractivity contribution in [2.45, 2.75) is 13.5 Å². The minimum Gasteiger partial charge on any atom is -0.345 e. The molecule has 0 bridgehead atoms. The van der Waals surface area contributed by atoms with Gasteiger partial charge in [-0.3, -0.25) is 9.59 Å². The van der Waals surface area contributed by atoms with E-state index in [1.54, 1.807) is 11.3 Å². The Balaban J connectivity index is 2.16. The molecule has 0 radical (unpaired) electrons. The van der Waals surface area contributed by atoms with Gasteiger partial charge in [0.2, 0.25) is 5.78 Å². The molecule has 1 aromatic carbocycles. The fourth-order valence-corrected chi connectivity index (χ4v) is 2.43. The van der Waals surface area contributed by atoms with E-state index in [1.165, 1.54) is 11.6 Å². The standard InChI is InChI=1S/C12H11NO2S/c1-8(14)12(15)13-6-9-7-16-11-5-3-2-4-10(9)11/h2-5,7H,6H2,1H3,(H,13,15). The summed E-state index contributed by atoms with van der Waals surface area (Å²) in [5.74, 6) is -0.991. The maximum atomic E-state index is 11.1. The van der Waals surface area contributed by atoms with Crippen LogP contribution in [0.15, 0.2) is 29.6 Å². The molecule has 1 N–H and O–H groups in total. The quantitative estimate of drug-likeness (QED) is 0.825. The number of rotatable bonds is 3. The number of nitrogens with one attached hydrogen (secondary N) is 1. The SMILES string of the molecule is CC(=O)C(=O)NCc1csc2ccccc12. The van der Waals surface area contributed by atoms with E-state index in [2.05, 4.69) is 5.32 Å². The van der Waals surface area contributed by atoms with E-state index in [-0.39, 0.29) is 0 Å². The number of thiophene rings is 1. The van der Waals surface area contributed by atoms with Crippen LogP contribution in [0.3, 0.4) is 0 Å². The van der Waals surface area contributed by atoms with E-state index in [1.807, 2.05) is 29.6 Å². The topological polar surface area (TPSA) is 46.2 Å². The molecule has 0 saturated heterocycles. The fraction of sp³-hybridized carbons (Fsp3) is 0.167. The van der Waals surface area contributed by atoms with Crippen LogP contribution in [0.25, 0.3) is 10.1 Å². The smallest absolute Gasteiger partial charge is 0.287 e. The largest absolute Gasteiger partial charge is 0.345 e.